The zero-order valence-electron chi connectivity index (χ0n) is 10.4. The van der Waals surface area contributed by atoms with E-state index in [1.54, 1.807) is 18.2 Å². The molecule has 0 bridgehead atoms. The highest BCUT2D eigenvalue weighted by Gasteiger charge is 2.30. The minimum Gasteiger partial charge on any atom is -0.369 e. The van der Waals surface area contributed by atoms with E-state index in [1.165, 1.54) is 0 Å². The number of hydrogen-bond donors (Lipinski definition) is 2. The van der Waals surface area contributed by atoms with Gasteiger partial charge in [-0.05, 0) is 40.2 Å². The van der Waals surface area contributed by atoms with Gasteiger partial charge in [-0.25, -0.2) is 0 Å². The molecule has 0 aromatic heterocycles. The van der Waals surface area contributed by atoms with Gasteiger partial charge < -0.3 is 10.6 Å². The molecular formula is C15H10BrN3O. The number of rotatable bonds is 2. The van der Waals surface area contributed by atoms with Crippen molar-refractivity contribution >= 4 is 33.2 Å². The fraction of sp³-hybridized carbons (Fsp3) is 0.0667. The number of nitrogens with zero attached hydrogens (tertiary/aromatic N) is 1. The Morgan fingerprint density at radius 3 is 2.80 bits per heavy atom. The molecule has 0 radical (unpaired) electrons. The van der Waals surface area contributed by atoms with E-state index in [9.17, 15) is 4.79 Å². The van der Waals surface area contributed by atoms with Crippen LogP contribution >= 0.6 is 15.9 Å². The number of halogens is 1. The maximum atomic E-state index is 12.0. The summed E-state index contributed by atoms with van der Waals surface area (Å²) in [5, 5.41) is 14.9. The number of nitriles is 1. The van der Waals surface area contributed by atoms with Crippen LogP contribution in [0.2, 0.25) is 0 Å². The molecule has 0 aliphatic carbocycles. The van der Waals surface area contributed by atoms with Gasteiger partial charge in [0.2, 0.25) is 0 Å². The molecule has 20 heavy (non-hydrogen) atoms. The number of carbonyl (C=O) groups excluding carboxylic acids is 1. The monoisotopic (exact) mass is 327 g/mol. The van der Waals surface area contributed by atoms with Crippen LogP contribution in [0.1, 0.15) is 17.2 Å². The third-order valence-electron chi connectivity index (χ3n) is 3.19. The number of para-hydroxylation sites is 1. The van der Waals surface area contributed by atoms with Crippen LogP contribution in [0, 0.1) is 11.3 Å². The Morgan fingerprint density at radius 1 is 1.25 bits per heavy atom. The summed E-state index contributed by atoms with van der Waals surface area (Å²) in [5.74, 6) is -0.0811. The van der Waals surface area contributed by atoms with Gasteiger partial charge in [0, 0.05) is 21.4 Å². The fourth-order valence-corrected chi connectivity index (χ4v) is 2.70. The molecule has 1 heterocycles. The highest BCUT2D eigenvalue weighted by Crippen LogP contribution is 2.35. The van der Waals surface area contributed by atoms with Crippen LogP contribution in [0.3, 0.4) is 0 Å². The predicted octanol–water partition coefficient (Wildman–Crippen LogP) is 3.43. The van der Waals surface area contributed by atoms with E-state index < -0.39 is 6.04 Å². The van der Waals surface area contributed by atoms with Crippen molar-refractivity contribution in [2.45, 2.75) is 6.04 Å². The van der Waals surface area contributed by atoms with Gasteiger partial charge in [-0.2, -0.15) is 5.26 Å². The summed E-state index contributed by atoms with van der Waals surface area (Å²) in [6.45, 7) is 0. The maximum Gasteiger partial charge on any atom is 0.251 e. The highest BCUT2D eigenvalue weighted by molar-refractivity contribution is 9.10. The second-order valence-corrected chi connectivity index (χ2v) is 5.31. The molecule has 1 amide bonds. The standard InChI is InChI=1S/C15H10BrN3O/c16-11-7-9(8-17)5-6-13(11)18-14-10-3-1-2-4-12(10)19-15(14)20/h1-7,14,18H,(H,19,20). The van der Waals surface area contributed by atoms with Crippen LogP contribution in [-0.2, 0) is 4.79 Å². The minimum absolute atomic E-state index is 0.0811. The third kappa shape index (κ3) is 2.15. The minimum atomic E-state index is -0.421. The van der Waals surface area contributed by atoms with Gasteiger partial charge in [0.25, 0.3) is 5.91 Å². The first kappa shape index (κ1) is 12.7. The lowest BCUT2D eigenvalue weighted by Gasteiger charge is -2.14. The van der Waals surface area contributed by atoms with Gasteiger partial charge in [-0.1, -0.05) is 18.2 Å². The van der Waals surface area contributed by atoms with Crippen molar-refractivity contribution < 1.29 is 4.79 Å². The molecule has 3 rings (SSSR count). The summed E-state index contributed by atoms with van der Waals surface area (Å²) in [5.41, 5.74) is 3.10. The zero-order chi connectivity index (χ0) is 14.1. The van der Waals surface area contributed by atoms with Gasteiger partial charge in [0.1, 0.15) is 6.04 Å². The zero-order valence-corrected chi connectivity index (χ0v) is 11.9. The first-order chi connectivity index (χ1) is 9.69. The van der Waals surface area contributed by atoms with Crippen LogP contribution in [0.4, 0.5) is 11.4 Å². The van der Waals surface area contributed by atoms with Gasteiger partial charge >= 0.3 is 0 Å². The Labute approximate surface area is 124 Å². The van der Waals surface area contributed by atoms with E-state index in [-0.39, 0.29) is 5.91 Å². The number of hydrogen-bond acceptors (Lipinski definition) is 3. The smallest absolute Gasteiger partial charge is 0.251 e. The average Bonchev–Trinajstić information content (AvgIpc) is 2.77. The lowest BCUT2D eigenvalue weighted by molar-refractivity contribution is -0.116. The molecule has 2 aromatic rings. The number of nitrogens with one attached hydrogen (secondary N) is 2. The number of carbonyl (C=O) groups is 1. The van der Waals surface area contributed by atoms with Crippen molar-refractivity contribution in [1.29, 1.82) is 5.26 Å². The van der Waals surface area contributed by atoms with Crippen LogP contribution in [-0.4, -0.2) is 5.91 Å². The van der Waals surface area contributed by atoms with Crippen molar-refractivity contribution in [2.24, 2.45) is 0 Å². The second kappa shape index (κ2) is 4.99. The van der Waals surface area contributed by atoms with E-state index in [4.69, 9.17) is 5.26 Å². The van der Waals surface area contributed by atoms with Gasteiger partial charge in [-0.15, -0.1) is 0 Å². The van der Waals surface area contributed by atoms with Crippen molar-refractivity contribution in [3.8, 4) is 6.07 Å². The van der Waals surface area contributed by atoms with Gasteiger partial charge in [-0.3, -0.25) is 4.79 Å². The van der Waals surface area contributed by atoms with E-state index in [2.05, 4.69) is 32.6 Å². The molecule has 1 aliphatic rings. The molecule has 0 fully saturated rings. The van der Waals surface area contributed by atoms with Crippen LogP contribution in [0.15, 0.2) is 46.9 Å². The highest BCUT2D eigenvalue weighted by atomic mass is 79.9. The summed E-state index contributed by atoms with van der Waals surface area (Å²) >= 11 is 3.41. The third-order valence-corrected chi connectivity index (χ3v) is 3.85. The predicted molar refractivity (Wildman–Crippen MR) is 80.3 cm³/mol. The van der Waals surface area contributed by atoms with E-state index in [0.29, 0.717) is 5.56 Å². The lowest BCUT2D eigenvalue weighted by atomic mass is 10.1. The summed E-state index contributed by atoms with van der Waals surface area (Å²) in [6, 6.07) is 14.5. The molecule has 2 N–H and O–H groups in total. The van der Waals surface area contributed by atoms with Crippen LogP contribution < -0.4 is 10.6 Å². The Bertz CT molecular complexity index is 736. The summed E-state index contributed by atoms with van der Waals surface area (Å²) in [7, 11) is 0. The first-order valence-electron chi connectivity index (χ1n) is 6.05. The molecule has 4 nitrogen and oxygen atoms in total. The summed E-state index contributed by atoms with van der Waals surface area (Å²) in [4.78, 5) is 12.0. The molecule has 0 saturated heterocycles. The van der Waals surface area contributed by atoms with Crippen molar-refractivity contribution in [1.82, 2.24) is 0 Å². The average molecular weight is 328 g/mol. The molecule has 0 saturated carbocycles. The van der Waals surface area contributed by atoms with Crippen LogP contribution in [0.25, 0.3) is 0 Å². The number of benzene rings is 2. The van der Waals surface area contributed by atoms with E-state index >= 15 is 0 Å². The van der Waals surface area contributed by atoms with Crippen molar-refractivity contribution in [3.05, 3.63) is 58.1 Å². The maximum absolute atomic E-state index is 12.0. The Balaban J connectivity index is 1.92. The molecule has 1 unspecified atom stereocenters. The normalized spacial score (nSPS) is 16.2. The first-order valence-corrected chi connectivity index (χ1v) is 6.84. The van der Waals surface area contributed by atoms with E-state index in [0.717, 1.165) is 21.4 Å². The van der Waals surface area contributed by atoms with Crippen LogP contribution in [0.5, 0.6) is 0 Å². The topological polar surface area (TPSA) is 64.9 Å². The molecule has 1 aliphatic heterocycles. The van der Waals surface area contributed by atoms with Gasteiger partial charge in [0.05, 0.1) is 11.6 Å². The summed E-state index contributed by atoms with van der Waals surface area (Å²) in [6.07, 6.45) is 0. The van der Waals surface area contributed by atoms with Gasteiger partial charge in [0.15, 0.2) is 0 Å². The molecule has 98 valence electrons. The SMILES string of the molecule is N#Cc1ccc(NC2C(=O)Nc3ccccc32)c(Br)c1. The lowest BCUT2D eigenvalue weighted by Crippen LogP contribution is -2.19. The Kier molecular flexibility index (Phi) is 3.17. The largest absolute Gasteiger partial charge is 0.369 e. The van der Waals surface area contributed by atoms with Crippen molar-refractivity contribution in [2.75, 3.05) is 10.6 Å². The molecule has 5 heteroatoms. The number of amides is 1. The quantitative estimate of drug-likeness (QED) is 0.888. The molecular weight excluding hydrogens is 318 g/mol. The van der Waals surface area contributed by atoms with E-state index in [1.807, 2.05) is 24.3 Å². The number of anilines is 2. The molecule has 2 aromatic carbocycles. The summed E-state index contributed by atoms with van der Waals surface area (Å²) < 4.78 is 0.758. The second-order valence-electron chi connectivity index (χ2n) is 4.46. The fourth-order valence-electron chi connectivity index (χ4n) is 2.21. The molecule has 0 spiro atoms. The van der Waals surface area contributed by atoms with Crippen molar-refractivity contribution in [3.63, 3.8) is 0 Å². The number of fused-ring (bicyclic) bond motifs is 1. The molecule has 1 atom stereocenters. The Morgan fingerprint density at radius 2 is 2.05 bits per heavy atom. The Hall–Kier alpha value is -2.32.